The minimum absolute atomic E-state index is 0.0250. The Morgan fingerprint density at radius 3 is 2.21 bits per heavy atom. The zero-order valence-corrected chi connectivity index (χ0v) is 25.9. The van der Waals surface area contributed by atoms with Gasteiger partial charge in [0, 0.05) is 56.6 Å². The van der Waals surface area contributed by atoms with Crippen LogP contribution in [0.4, 0.5) is 16.3 Å². The molecule has 1 N–H and O–H groups in total. The predicted molar refractivity (Wildman–Crippen MR) is 169 cm³/mol. The van der Waals surface area contributed by atoms with Crippen LogP contribution in [-0.2, 0) is 4.79 Å². The van der Waals surface area contributed by atoms with Crippen molar-refractivity contribution in [2.75, 3.05) is 83.3 Å². The van der Waals surface area contributed by atoms with Gasteiger partial charge in [0.15, 0.2) is 5.82 Å². The van der Waals surface area contributed by atoms with Crippen molar-refractivity contribution in [1.82, 2.24) is 24.9 Å². The van der Waals surface area contributed by atoms with E-state index in [0.717, 1.165) is 30.0 Å². The van der Waals surface area contributed by atoms with Gasteiger partial charge >= 0.3 is 6.03 Å². The van der Waals surface area contributed by atoms with Crippen LogP contribution in [-0.4, -0.2) is 110 Å². The molecule has 11 nitrogen and oxygen atoms in total. The van der Waals surface area contributed by atoms with Crippen molar-refractivity contribution >= 4 is 23.4 Å². The number of piperazine rings is 1. The lowest BCUT2D eigenvalue weighted by Gasteiger charge is -2.36. The molecule has 0 bridgehead atoms. The number of ether oxygens (including phenoxy) is 2. The van der Waals surface area contributed by atoms with Crippen molar-refractivity contribution in [3.05, 3.63) is 60.2 Å². The van der Waals surface area contributed by atoms with Crippen molar-refractivity contribution in [1.29, 1.82) is 0 Å². The molecule has 0 aliphatic carbocycles. The standard InChI is InChI=1S/C32H43N7O4/c1-6-36(7-2)16-17-39(32(41)33-25-10-8-24(3)9-11-25)23-31(40)38-20-18-37(19-21-38)30-15-14-28(34-35-30)27-13-12-26(42-4)22-29(27)43-5/h8-15,22H,6-7,16-21,23H2,1-5H3,(H,33,41). The van der Waals surface area contributed by atoms with E-state index < -0.39 is 0 Å². The van der Waals surface area contributed by atoms with Gasteiger partial charge in [0.25, 0.3) is 0 Å². The van der Waals surface area contributed by atoms with Crippen molar-refractivity contribution in [2.24, 2.45) is 0 Å². The van der Waals surface area contributed by atoms with E-state index in [-0.39, 0.29) is 18.5 Å². The molecule has 4 rings (SSSR count). The summed E-state index contributed by atoms with van der Waals surface area (Å²) in [5.41, 5.74) is 3.35. The fourth-order valence-corrected chi connectivity index (χ4v) is 4.99. The maximum Gasteiger partial charge on any atom is 0.322 e. The first-order chi connectivity index (χ1) is 20.8. The molecule has 2 aromatic carbocycles. The molecule has 1 fully saturated rings. The number of nitrogens with zero attached hydrogens (tertiary/aromatic N) is 6. The summed E-state index contributed by atoms with van der Waals surface area (Å²) in [6.45, 7) is 11.5. The first-order valence-corrected chi connectivity index (χ1v) is 14.8. The summed E-state index contributed by atoms with van der Waals surface area (Å²) in [7, 11) is 3.23. The molecule has 1 aliphatic rings. The number of urea groups is 1. The lowest BCUT2D eigenvalue weighted by molar-refractivity contribution is -0.132. The summed E-state index contributed by atoms with van der Waals surface area (Å²) in [5.74, 6) is 2.05. The number of hydrogen-bond acceptors (Lipinski definition) is 8. The molecule has 0 radical (unpaired) electrons. The smallest absolute Gasteiger partial charge is 0.322 e. The topological polar surface area (TPSA) is 103 Å². The summed E-state index contributed by atoms with van der Waals surface area (Å²) in [6.07, 6.45) is 0. The van der Waals surface area contributed by atoms with E-state index in [1.165, 1.54) is 0 Å². The Balaban J connectivity index is 1.36. The lowest BCUT2D eigenvalue weighted by Crippen LogP contribution is -2.53. The minimum atomic E-state index is -0.271. The highest BCUT2D eigenvalue weighted by Gasteiger charge is 2.26. The third kappa shape index (κ3) is 8.35. The number of rotatable bonds is 12. The van der Waals surface area contributed by atoms with Crippen LogP contribution in [0.1, 0.15) is 19.4 Å². The van der Waals surface area contributed by atoms with Gasteiger partial charge in [-0.1, -0.05) is 31.5 Å². The van der Waals surface area contributed by atoms with Gasteiger partial charge in [-0.3, -0.25) is 4.79 Å². The van der Waals surface area contributed by atoms with E-state index in [1.54, 1.807) is 19.1 Å². The van der Waals surface area contributed by atoms with Crippen molar-refractivity contribution < 1.29 is 19.1 Å². The van der Waals surface area contributed by atoms with Gasteiger partial charge in [0.2, 0.25) is 5.91 Å². The summed E-state index contributed by atoms with van der Waals surface area (Å²) in [6, 6.07) is 16.8. The maximum absolute atomic E-state index is 13.4. The number of likely N-dealkylation sites (N-methyl/N-ethyl adjacent to an activating group) is 1. The average Bonchev–Trinajstić information content (AvgIpc) is 3.05. The molecule has 0 unspecified atom stereocenters. The maximum atomic E-state index is 13.4. The van der Waals surface area contributed by atoms with Crippen LogP contribution in [0, 0.1) is 6.92 Å². The molecule has 3 amide bonds. The van der Waals surface area contributed by atoms with Gasteiger partial charge < -0.3 is 34.4 Å². The second kappa shape index (κ2) is 15.2. The number of carbonyl (C=O) groups is 2. The van der Waals surface area contributed by atoms with E-state index >= 15 is 0 Å². The zero-order valence-electron chi connectivity index (χ0n) is 25.9. The van der Waals surface area contributed by atoms with Gasteiger partial charge in [-0.25, -0.2) is 4.79 Å². The Kier molecular flexibility index (Phi) is 11.2. The zero-order chi connectivity index (χ0) is 30.8. The van der Waals surface area contributed by atoms with E-state index in [1.807, 2.05) is 66.4 Å². The van der Waals surface area contributed by atoms with Gasteiger partial charge in [-0.05, 0) is 56.4 Å². The Morgan fingerprint density at radius 2 is 1.60 bits per heavy atom. The number of hydrogen-bond donors (Lipinski definition) is 1. The molecule has 0 atom stereocenters. The first-order valence-electron chi connectivity index (χ1n) is 14.8. The molecule has 0 spiro atoms. The molecule has 43 heavy (non-hydrogen) atoms. The Hall–Kier alpha value is -4.38. The quantitative estimate of drug-likeness (QED) is 0.338. The molecular weight excluding hydrogens is 546 g/mol. The molecule has 1 aliphatic heterocycles. The van der Waals surface area contributed by atoms with Crippen LogP contribution >= 0.6 is 0 Å². The number of carbonyl (C=O) groups excluding carboxylic acids is 2. The van der Waals surface area contributed by atoms with Crippen LogP contribution in [0.25, 0.3) is 11.3 Å². The van der Waals surface area contributed by atoms with E-state index in [9.17, 15) is 9.59 Å². The van der Waals surface area contributed by atoms with Crippen LogP contribution in [0.2, 0.25) is 0 Å². The normalized spacial score (nSPS) is 13.2. The van der Waals surface area contributed by atoms with Crippen molar-refractivity contribution in [2.45, 2.75) is 20.8 Å². The third-order valence-electron chi connectivity index (χ3n) is 7.79. The molecule has 2 heterocycles. The van der Waals surface area contributed by atoms with Crippen LogP contribution in [0.15, 0.2) is 54.6 Å². The summed E-state index contributed by atoms with van der Waals surface area (Å²) < 4.78 is 10.8. The highest BCUT2D eigenvalue weighted by atomic mass is 16.5. The fraction of sp³-hybridized carbons (Fsp3) is 0.438. The minimum Gasteiger partial charge on any atom is -0.497 e. The Labute approximate surface area is 254 Å². The van der Waals surface area contributed by atoms with E-state index in [0.29, 0.717) is 62.1 Å². The highest BCUT2D eigenvalue weighted by molar-refractivity contribution is 5.92. The number of aryl methyl sites for hydroxylation is 1. The fourth-order valence-electron chi connectivity index (χ4n) is 4.99. The molecule has 1 aromatic heterocycles. The van der Waals surface area contributed by atoms with Crippen molar-refractivity contribution in [3.8, 4) is 22.8 Å². The first kappa shape index (κ1) is 31.6. The number of nitrogens with one attached hydrogen (secondary N) is 1. The number of methoxy groups -OCH3 is 2. The van der Waals surface area contributed by atoms with Crippen molar-refractivity contribution in [3.63, 3.8) is 0 Å². The molecule has 1 saturated heterocycles. The largest absolute Gasteiger partial charge is 0.497 e. The highest BCUT2D eigenvalue weighted by Crippen LogP contribution is 2.32. The van der Waals surface area contributed by atoms with Gasteiger partial charge in [-0.15, -0.1) is 10.2 Å². The van der Waals surface area contributed by atoms with Gasteiger partial charge in [-0.2, -0.15) is 0 Å². The summed E-state index contributed by atoms with van der Waals surface area (Å²) >= 11 is 0. The van der Waals surface area contributed by atoms with Gasteiger partial charge in [0.05, 0.1) is 19.9 Å². The molecule has 11 heteroatoms. The van der Waals surface area contributed by atoms with E-state index in [2.05, 4.69) is 39.2 Å². The van der Waals surface area contributed by atoms with E-state index in [4.69, 9.17) is 9.47 Å². The van der Waals surface area contributed by atoms with Gasteiger partial charge in [0.1, 0.15) is 18.0 Å². The second-order valence-electron chi connectivity index (χ2n) is 10.5. The molecular formula is C32H43N7O4. The lowest BCUT2D eigenvalue weighted by atomic mass is 10.1. The number of benzene rings is 2. The monoisotopic (exact) mass is 589 g/mol. The predicted octanol–water partition coefficient (Wildman–Crippen LogP) is 3.99. The van der Waals surface area contributed by atoms with Crippen LogP contribution in [0.3, 0.4) is 0 Å². The SMILES string of the molecule is CCN(CC)CCN(CC(=O)N1CCN(c2ccc(-c3ccc(OC)cc3OC)nn2)CC1)C(=O)Nc1ccc(C)cc1. The van der Waals surface area contributed by atoms with Crippen LogP contribution < -0.4 is 19.7 Å². The second-order valence-corrected chi connectivity index (χ2v) is 10.5. The molecule has 0 saturated carbocycles. The molecule has 3 aromatic rings. The number of anilines is 2. The third-order valence-corrected chi connectivity index (χ3v) is 7.79. The number of aromatic nitrogens is 2. The molecule has 230 valence electrons. The summed E-state index contributed by atoms with van der Waals surface area (Å²) in [4.78, 5) is 34.4. The average molecular weight is 590 g/mol. The summed E-state index contributed by atoms with van der Waals surface area (Å²) in [5, 5.41) is 11.9. The Bertz CT molecular complexity index is 1340. The van der Waals surface area contributed by atoms with Crippen LogP contribution in [0.5, 0.6) is 11.5 Å². The number of amides is 3. The Morgan fingerprint density at radius 1 is 0.884 bits per heavy atom.